The summed E-state index contributed by atoms with van der Waals surface area (Å²) in [5, 5.41) is 3.22. The zero-order valence-corrected chi connectivity index (χ0v) is 12.6. The fraction of sp³-hybridized carbons (Fsp3) is 0.111. The predicted octanol–water partition coefficient (Wildman–Crippen LogP) is 3.92. The minimum atomic E-state index is 0.267. The van der Waals surface area contributed by atoms with Crippen molar-refractivity contribution in [2.75, 3.05) is 12.1 Å². The number of nitrogens with zero attached hydrogens (tertiary/aromatic N) is 2. The van der Waals surface area contributed by atoms with Gasteiger partial charge in [0.25, 0.3) is 0 Å². The number of nitrogens with one attached hydrogen (secondary N) is 1. The van der Waals surface area contributed by atoms with Gasteiger partial charge in [0, 0.05) is 17.4 Å². The summed E-state index contributed by atoms with van der Waals surface area (Å²) in [5.41, 5.74) is 3.96. The van der Waals surface area contributed by atoms with Crippen molar-refractivity contribution in [3.05, 3.63) is 60.3 Å². The van der Waals surface area contributed by atoms with Crippen LogP contribution in [0.15, 0.2) is 54.7 Å². The van der Waals surface area contributed by atoms with Crippen molar-refractivity contribution in [2.24, 2.45) is 0 Å². The van der Waals surface area contributed by atoms with Gasteiger partial charge in [0.15, 0.2) is 11.5 Å². The monoisotopic (exact) mass is 305 g/mol. The van der Waals surface area contributed by atoms with Gasteiger partial charge in [-0.05, 0) is 43.3 Å². The van der Waals surface area contributed by atoms with Gasteiger partial charge in [0.1, 0.15) is 0 Å². The quantitative estimate of drug-likeness (QED) is 0.794. The van der Waals surface area contributed by atoms with E-state index in [1.807, 2.05) is 48.5 Å². The van der Waals surface area contributed by atoms with Crippen LogP contribution in [0.5, 0.6) is 11.5 Å². The molecule has 0 saturated heterocycles. The number of benzene rings is 2. The second-order valence-corrected chi connectivity index (χ2v) is 5.32. The Kier molecular flexibility index (Phi) is 3.31. The molecule has 0 spiro atoms. The Morgan fingerprint density at radius 3 is 2.65 bits per heavy atom. The minimum absolute atomic E-state index is 0.267. The molecule has 1 aromatic heterocycles. The fourth-order valence-electron chi connectivity index (χ4n) is 2.40. The summed E-state index contributed by atoms with van der Waals surface area (Å²) < 4.78 is 10.8. The van der Waals surface area contributed by atoms with Gasteiger partial charge in [0.2, 0.25) is 12.7 Å². The Morgan fingerprint density at radius 1 is 0.957 bits per heavy atom. The van der Waals surface area contributed by atoms with Crippen molar-refractivity contribution in [3.8, 4) is 22.8 Å². The summed E-state index contributed by atoms with van der Waals surface area (Å²) in [4.78, 5) is 8.84. The van der Waals surface area contributed by atoms with Gasteiger partial charge in [-0.15, -0.1) is 0 Å². The first-order valence-electron chi connectivity index (χ1n) is 7.35. The van der Waals surface area contributed by atoms with Gasteiger partial charge in [-0.25, -0.2) is 9.97 Å². The zero-order chi connectivity index (χ0) is 15.6. The maximum atomic E-state index is 5.42. The molecule has 4 rings (SSSR count). The normalized spacial score (nSPS) is 12.2. The average molecular weight is 305 g/mol. The molecule has 5 nitrogen and oxygen atoms in total. The first kappa shape index (κ1) is 13.6. The molecule has 0 atom stereocenters. The molecule has 2 aromatic carbocycles. The number of hydrogen-bond acceptors (Lipinski definition) is 5. The van der Waals surface area contributed by atoms with E-state index in [-0.39, 0.29) is 6.79 Å². The highest BCUT2D eigenvalue weighted by Crippen LogP contribution is 2.35. The summed E-state index contributed by atoms with van der Waals surface area (Å²) in [6.07, 6.45) is 1.74. The van der Waals surface area contributed by atoms with Crippen molar-refractivity contribution in [2.45, 2.75) is 6.92 Å². The number of hydrogen-bond donors (Lipinski definition) is 1. The summed E-state index contributed by atoms with van der Waals surface area (Å²) in [7, 11) is 0. The van der Waals surface area contributed by atoms with Gasteiger partial charge in [-0.1, -0.05) is 17.7 Å². The highest BCUT2D eigenvalue weighted by atomic mass is 16.7. The van der Waals surface area contributed by atoms with Crippen LogP contribution in [0, 0.1) is 6.92 Å². The van der Waals surface area contributed by atoms with Crippen molar-refractivity contribution in [1.29, 1.82) is 0 Å². The van der Waals surface area contributed by atoms with Crippen LogP contribution in [-0.4, -0.2) is 16.8 Å². The molecule has 0 fully saturated rings. The van der Waals surface area contributed by atoms with Crippen molar-refractivity contribution < 1.29 is 9.47 Å². The van der Waals surface area contributed by atoms with Crippen LogP contribution in [0.25, 0.3) is 11.3 Å². The van der Waals surface area contributed by atoms with Gasteiger partial charge in [-0.3, -0.25) is 0 Å². The fourth-order valence-corrected chi connectivity index (χ4v) is 2.40. The molecule has 0 radical (unpaired) electrons. The zero-order valence-electron chi connectivity index (χ0n) is 12.6. The van der Waals surface area contributed by atoms with E-state index in [0.717, 1.165) is 28.4 Å². The third kappa shape index (κ3) is 2.81. The van der Waals surface area contributed by atoms with E-state index < -0.39 is 0 Å². The predicted molar refractivity (Wildman–Crippen MR) is 88.1 cm³/mol. The van der Waals surface area contributed by atoms with Gasteiger partial charge >= 0.3 is 0 Å². The van der Waals surface area contributed by atoms with Crippen LogP contribution in [0.2, 0.25) is 0 Å². The molecule has 0 saturated carbocycles. The van der Waals surface area contributed by atoms with Crippen LogP contribution >= 0.6 is 0 Å². The first-order valence-corrected chi connectivity index (χ1v) is 7.35. The maximum Gasteiger partial charge on any atom is 0.231 e. The molecule has 0 aliphatic carbocycles. The summed E-state index contributed by atoms with van der Waals surface area (Å²) in [6.45, 7) is 2.32. The third-order valence-electron chi connectivity index (χ3n) is 3.63. The van der Waals surface area contributed by atoms with E-state index >= 15 is 0 Å². The summed E-state index contributed by atoms with van der Waals surface area (Å²) >= 11 is 0. The number of aryl methyl sites for hydroxylation is 1. The lowest BCUT2D eigenvalue weighted by Crippen LogP contribution is -1.97. The lowest BCUT2D eigenvalue weighted by molar-refractivity contribution is 0.174. The van der Waals surface area contributed by atoms with Crippen molar-refractivity contribution >= 4 is 11.6 Å². The molecule has 1 aliphatic heterocycles. The van der Waals surface area contributed by atoms with Gasteiger partial charge in [0.05, 0.1) is 5.69 Å². The highest BCUT2D eigenvalue weighted by molar-refractivity contribution is 5.66. The van der Waals surface area contributed by atoms with Gasteiger partial charge in [-0.2, -0.15) is 0 Å². The lowest BCUT2D eigenvalue weighted by atomic mass is 10.1. The smallest absolute Gasteiger partial charge is 0.231 e. The van der Waals surface area contributed by atoms with Crippen LogP contribution in [0.4, 0.5) is 11.6 Å². The van der Waals surface area contributed by atoms with E-state index in [0.29, 0.717) is 5.95 Å². The molecule has 0 amide bonds. The lowest BCUT2D eigenvalue weighted by Gasteiger charge is -2.07. The molecule has 2 heterocycles. The molecule has 114 valence electrons. The Labute approximate surface area is 133 Å². The maximum absolute atomic E-state index is 5.42. The molecule has 23 heavy (non-hydrogen) atoms. The number of ether oxygens (including phenoxy) is 2. The second-order valence-electron chi connectivity index (χ2n) is 5.32. The Bertz CT molecular complexity index is 847. The minimum Gasteiger partial charge on any atom is -0.454 e. The first-order chi connectivity index (χ1) is 11.3. The highest BCUT2D eigenvalue weighted by Gasteiger charge is 2.14. The SMILES string of the molecule is Cc1ccc(Nc2nccc(-c3ccc4c(c3)OCO4)n2)cc1. The molecule has 1 aliphatic rings. The van der Waals surface area contributed by atoms with Crippen molar-refractivity contribution in [3.63, 3.8) is 0 Å². The molecule has 1 N–H and O–H groups in total. The van der Waals surface area contributed by atoms with Crippen LogP contribution in [0.1, 0.15) is 5.56 Å². The Morgan fingerprint density at radius 2 is 1.78 bits per heavy atom. The Balaban J connectivity index is 1.62. The van der Waals surface area contributed by atoms with Crippen LogP contribution < -0.4 is 14.8 Å². The van der Waals surface area contributed by atoms with E-state index in [9.17, 15) is 0 Å². The third-order valence-corrected chi connectivity index (χ3v) is 3.63. The number of rotatable bonds is 3. The summed E-state index contributed by atoms with van der Waals surface area (Å²) in [6, 6.07) is 15.8. The van der Waals surface area contributed by atoms with E-state index in [4.69, 9.17) is 9.47 Å². The topological polar surface area (TPSA) is 56.3 Å². The number of aromatic nitrogens is 2. The average Bonchev–Trinajstić information content (AvgIpc) is 3.05. The molecule has 0 bridgehead atoms. The van der Waals surface area contributed by atoms with Crippen LogP contribution in [0.3, 0.4) is 0 Å². The number of fused-ring (bicyclic) bond motifs is 1. The molecule has 3 aromatic rings. The van der Waals surface area contributed by atoms with Crippen LogP contribution in [-0.2, 0) is 0 Å². The van der Waals surface area contributed by atoms with Crippen molar-refractivity contribution in [1.82, 2.24) is 9.97 Å². The molecular weight excluding hydrogens is 290 g/mol. The van der Waals surface area contributed by atoms with Gasteiger partial charge < -0.3 is 14.8 Å². The number of anilines is 2. The standard InChI is InChI=1S/C18H15N3O2/c1-12-2-5-14(6-3-12)20-18-19-9-8-15(21-18)13-4-7-16-17(10-13)23-11-22-16/h2-10H,11H2,1H3,(H,19,20,21). The molecule has 5 heteroatoms. The second kappa shape index (κ2) is 5.61. The Hall–Kier alpha value is -3.08. The largest absolute Gasteiger partial charge is 0.454 e. The molecule has 0 unspecified atom stereocenters. The van der Waals surface area contributed by atoms with E-state index in [1.54, 1.807) is 6.20 Å². The van der Waals surface area contributed by atoms with E-state index in [1.165, 1.54) is 5.56 Å². The van der Waals surface area contributed by atoms with E-state index in [2.05, 4.69) is 22.2 Å². The summed E-state index contributed by atoms with van der Waals surface area (Å²) in [5.74, 6) is 2.07. The molecular formula is C18H15N3O2.